The molecule has 2 N–H and O–H groups in total. The molecular formula is C21H30F3N3O7S2. The summed E-state index contributed by atoms with van der Waals surface area (Å²) in [5.74, 6) is -2.35. The molecule has 204 valence electrons. The molecule has 3 rings (SSSR count). The quantitative estimate of drug-likeness (QED) is 0.565. The number of hydrogen-bond acceptors (Lipinski definition) is 6. The molecule has 1 aromatic rings. The second kappa shape index (κ2) is 11.9. The summed E-state index contributed by atoms with van der Waals surface area (Å²) in [6, 6.07) is 4.13. The van der Waals surface area contributed by atoms with Crippen molar-refractivity contribution in [3.8, 4) is 0 Å². The Labute approximate surface area is 208 Å². The third-order valence-electron chi connectivity index (χ3n) is 5.91. The molecule has 0 aliphatic carbocycles. The number of sulfonamides is 2. The van der Waals surface area contributed by atoms with E-state index in [1.165, 1.54) is 20.7 Å². The summed E-state index contributed by atoms with van der Waals surface area (Å²) >= 11 is 0. The molecule has 0 saturated carbocycles. The first-order chi connectivity index (χ1) is 16.5. The Morgan fingerprint density at radius 2 is 1.33 bits per heavy atom. The van der Waals surface area contributed by atoms with Gasteiger partial charge in [-0.3, -0.25) is 9.59 Å². The molecule has 0 radical (unpaired) electrons. The second-order valence-corrected chi connectivity index (χ2v) is 12.8. The van der Waals surface area contributed by atoms with Crippen LogP contribution in [0.25, 0.3) is 0 Å². The lowest BCUT2D eigenvalue weighted by Gasteiger charge is -2.30. The first-order valence-corrected chi connectivity index (χ1v) is 14.8. The summed E-state index contributed by atoms with van der Waals surface area (Å²) in [6.07, 6.45) is 0.0737. The molecule has 0 bridgehead atoms. The van der Waals surface area contributed by atoms with Crippen LogP contribution in [0.5, 0.6) is 0 Å². The highest BCUT2D eigenvalue weighted by atomic mass is 32.2. The van der Waals surface area contributed by atoms with Gasteiger partial charge in [0.25, 0.3) is 0 Å². The van der Waals surface area contributed by atoms with E-state index < -0.39 is 55.5 Å². The van der Waals surface area contributed by atoms with Crippen LogP contribution in [0.3, 0.4) is 0 Å². The zero-order valence-corrected chi connectivity index (χ0v) is 21.5. The van der Waals surface area contributed by atoms with Crippen LogP contribution in [0.4, 0.5) is 18.9 Å². The van der Waals surface area contributed by atoms with Gasteiger partial charge in [0.1, 0.15) is 0 Å². The average Bonchev–Trinajstić information content (AvgIpc) is 2.78. The molecule has 36 heavy (non-hydrogen) atoms. The number of nitrogens with one attached hydrogen (secondary N) is 1. The summed E-state index contributed by atoms with van der Waals surface area (Å²) in [6.45, 7) is 1.03. The van der Waals surface area contributed by atoms with Crippen molar-refractivity contribution in [3.63, 3.8) is 0 Å². The van der Waals surface area contributed by atoms with Crippen molar-refractivity contribution in [2.75, 3.05) is 44.0 Å². The molecule has 2 heterocycles. The number of halogens is 3. The first-order valence-electron chi connectivity index (χ1n) is 11.1. The van der Waals surface area contributed by atoms with Crippen LogP contribution in [0.15, 0.2) is 24.3 Å². The summed E-state index contributed by atoms with van der Waals surface area (Å²) in [7, 11) is -6.58. The lowest BCUT2D eigenvalue weighted by Crippen LogP contribution is -2.43. The number of rotatable bonds is 5. The Morgan fingerprint density at radius 1 is 0.889 bits per heavy atom. The van der Waals surface area contributed by atoms with E-state index in [0.717, 1.165) is 24.6 Å². The molecule has 2 atom stereocenters. The van der Waals surface area contributed by atoms with E-state index in [-0.39, 0.29) is 18.8 Å². The van der Waals surface area contributed by atoms with Crippen molar-refractivity contribution < 1.29 is 44.7 Å². The van der Waals surface area contributed by atoms with Crippen molar-refractivity contribution >= 4 is 37.6 Å². The lowest BCUT2D eigenvalue weighted by atomic mass is 9.98. The van der Waals surface area contributed by atoms with Crippen LogP contribution in [-0.2, 0) is 35.8 Å². The van der Waals surface area contributed by atoms with Crippen molar-refractivity contribution in [1.82, 2.24) is 8.61 Å². The van der Waals surface area contributed by atoms with Gasteiger partial charge in [0, 0.05) is 31.9 Å². The average molecular weight is 558 g/mol. The maximum Gasteiger partial charge on any atom is 0.416 e. The Hall–Kier alpha value is -2.23. The molecular weight excluding hydrogens is 527 g/mol. The standard InChI is InChI=1S/C14H17F3N2O3S.C7H13NO4S/c1-23(21,22)19-8-2-3-10(9-19)13(20)18-12-6-4-11(5-7-12)14(15,16)17;1-13(11,12)8-4-2-3-6(5-8)7(9)10/h4-7,10H,2-3,8-9H2,1H3,(H,18,20);6H,2-5H2,1H3,(H,9,10)/t10-;6-/m00/s1. The molecule has 0 spiro atoms. The first kappa shape index (κ1) is 30.0. The number of nitrogens with zero attached hydrogens (tertiary/aromatic N) is 2. The molecule has 0 unspecified atom stereocenters. The van der Waals surface area contributed by atoms with Crippen LogP contribution >= 0.6 is 0 Å². The van der Waals surface area contributed by atoms with Gasteiger partial charge in [0.2, 0.25) is 26.0 Å². The minimum atomic E-state index is -4.43. The van der Waals surface area contributed by atoms with Gasteiger partial charge >= 0.3 is 12.1 Å². The van der Waals surface area contributed by atoms with Crippen LogP contribution < -0.4 is 5.32 Å². The van der Waals surface area contributed by atoms with E-state index >= 15 is 0 Å². The van der Waals surface area contributed by atoms with Crippen LogP contribution in [0, 0.1) is 11.8 Å². The monoisotopic (exact) mass is 557 g/mol. The smallest absolute Gasteiger partial charge is 0.416 e. The number of anilines is 1. The number of amides is 1. The van der Waals surface area contributed by atoms with Gasteiger partial charge < -0.3 is 10.4 Å². The minimum absolute atomic E-state index is 0.0886. The van der Waals surface area contributed by atoms with Gasteiger partial charge in [-0.05, 0) is 49.9 Å². The summed E-state index contributed by atoms with van der Waals surface area (Å²) in [5.41, 5.74) is -0.545. The van der Waals surface area contributed by atoms with E-state index in [0.29, 0.717) is 38.8 Å². The van der Waals surface area contributed by atoms with E-state index in [1.807, 2.05) is 0 Å². The normalized spacial score (nSPS) is 22.2. The second-order valence-electron chi connectivity index (χ2n) is 8.82. The van der Waals surface area contributed by atoms with E-state index in [4.69, 9.17) is 5.11 Å². The highest BCUT2D eigenvalue weighted by molar-refractivity contribution is 7.88. The number of aliphatic carboxylic acids is 1. The topological polar surface area (TPSA) is 141 Å². The minimum Gasteiger partial charge on any atom is -0.481 e. The van der Waals surface area contributed by atoms with Crippen molar-refractivity contribution in [1.29, 1.82) is 0 Å². The molecule has 2 aliphatic heterocycles. The number of hydrogen-bond donors (Lipinski definition) is 2. The molecule has 2 aliphatic rings. The predicted molar refractivity (Wildman–Crippen MR) is 126 cm³/mol. The molecule has 2 saturated heterocycles. The number of alkyl halides is 3. The molecule has 1 amide bonds. The number of piperidine rings is 2. The highest BCUT2D eigenvalue weighted by Crippen LogP contribution is 2.30. The van der Waals surface area contributed by atoms with Crippen LogP contribution in [-0.4, -0.2) is 81.1 Å². The molecule has 10 nitrogen and oxygen atoms in total. The van der Waals surface area contributed by atoms with Crippen LogP contribution in [0.2, 0.25) is 0 Å². The van der Waals surface area contributed by atoms with Crippen molar-refractivity contribution in [3.05, 3.63) is 29.8 Å². The van der Waals surface area contributed by atoms with Gasteiger partial charge in [-0.25, -0.2) is 25.4 Å². The van der Waals surface area contributed by atoms with Crippen LogP contribution in [0.1, 0.15) is 31.2 Å². The third kappa shape index (κ3) is 9.01. The summed E-state index contributed by atoms with van der Waals surface area (Å²) in [4.78, 5) is 22.8. The van der Waals surface area contributed by atoms with Gasteiger partial charge in [-0.15, -0.1) is 0 Å². The highest BCUT2D eigenvalue weighted by Gasteiger charge is 2.32. The van der Waals surface area contributed by atoms with Crippen molar-refractivity contribution in [2.45, 2.75) is 31.9 Å². The van der Waals surface area contributed by atoms with E-state index in [1.54, 1.807) is 0 Å². The SMILES string of the molecule is CS(=O)(=O)N1CCC[C@H](C(=O)Nc2ccc(C(F)(F)F)cc2)C1.CS(=O)(=O)N1CCC[C@H](C(=O)O)C1. The Morgan fingerprint density at radius 3 is 1.75 bits per heavy atom. The van der Waals surface area contributed by atoms with Crippen molar-refractivity contribution in [2.24, 2.45) is 11.8 Å². The molecule has 2 fully saturated rings. The number of carboxylic acids is 1. The van der Waals surface area contributed by atoms with Gasteiger partial charge in [0.15, 0.2) is 0 Å². The molecule has 0 aromatic heterocycles. The molecule has 15 heteroatoms. The zero-order valence-electron chi connectivity index (χ0n) is 19.9. The maximum absolute atomic E-state index is 12.5. The lowest BCUT2D eigenvalue weighted by molar-refractivity contribution is -0.143. The fourth-order valence-electron chi connectivity index (χ4n) is 3.89. The Kier molecular flexibility index (Phi) is 9.90. The maximum atomic E-state index is 12.5. The van der Waals surface area contributed by atoms with E-state index in [2.05, 4.69) is 5.32 Å². The Bertz CT molecular complexity index is 1140. The summed E-state index contributed by atoms with van der Waals surface area (Å²) in [5, 5.41) is 11.2. The number of carbonyl (C=O) groups is 2. The molecule has 1 aromatic carbocycles. The zero-order chi connectivity index (χ0) is 27.3. The number of carboxylic acid groups (broad SMARTS) is 1. The van der Waals surface area contributed by atoms with Gasteiger partial charge in [-0.1, -0.05) is 0 Å². The predicted octanol–water partition coefficient (Wildman–Crippen LogP) is 2.06. The van der Waals surface area contributed by atoms with E-state index in [9.17, 15) is 39.6 Å². The number of benzene rings is 1. The Balaban J connectivity index is 0.000000297. The van der Waals surface area contributed by atoms with Gasteiger partial charge in [-0.2, -0.15) is 13.2 Å². The number of carbonyl (C=O) groups excluding carboxylic acids is 1. The fraction of sp³-hybridized carbons (Fsp3) is 0.619. The van der Waals surface area contributed by atoms with Gasteiger partial charge in [0.05, 0.1) is 29.9 Å². The third-order valence-corrected chi connectivity index (χ3v) is 8.45. The largest absolute Gasteiger partial charge is 0.481 e. The fourth-order valence-corrected chi connectivity index (χ4v) is 5.71. The summed E-state index contributed by atoms with van der Waals surface area (Å²) < 4.78 is 85.1.